The van der Waals surface area contributed by atoms with E-state index in [1.807, 2.05) is 6.20 Å². The Hall–Kier alpha value is -1.52. The van der Waals surface area contributed by atoms with Crippen molar-refractivity contribution in [1.82, 2.24) is 20.8 Å². The van der Waals surface area contributed by atoms with Crippen molar-refractivity contribution in [2.75, 3.05) is 13.1 Å². The first-order chi connectivity index (χ1) is 8.92. The van der Waals surface area contributed by atoms with Gasteiger partial charge in [-0.15, -0.1) is 0 Å². The van der Waals surface area contributed by atoms with Crippen LogP contribution >= 0.6 is 0 Å². The lowest BCUT2D eigenvalue weighted by molar-refractivity contribution is 0.501. The van der Waals surface area contributed by atoms with Gasteiger partial charge in [-0.05, 0) is 53.0 Å². The minimum atomic E-state index is 0.0299. The molecule has 0 saturated heterocycles. The minimum absolute atomic E-state index is 0.0299. The molecule has 0 aromatic carbocycles. The van der Waals surface area contributed by atoms with Crippen LogP contribution in [0.2, 0.25) is 0 Å². The Balaban J connectivity index is 2.41. The predicted octanol–water partition coefficient (Wildman–Crippen LogP) is 2.00. The summed E-state index contributed by atoms with van der Waals surface area (Å²) in [6, 6.07) is 0. The lowest BCUT2D eigenvalue weighted by atomic mass is 10.1. The second-order valence-electron chi connectivity index (χ2n) is 5.76. The summed E-state index contributed by atoms with van der Waals surface area (Å²) in [4.78, 5) is 4.59. The number of nitrogens with one attached hydrogen (secondary N) is 3. The van der Waals surface area contributed by atoms with Crippen molar-refractivity contribution in [3.05, 3.63) is 17.5 Å². The zero-order valence-electron chi connectivity index (χ0n) is 12.8. The van der Waals surface area contributed by atoms with Gasteiger partial charge in [0.1, 0.15) is 0 Å². The predicted molar refractivity (Wildman–Crippen MR) is 80.5 cm³/mol. The van der Waals surface area contributed by atoms with Crippen molar-refractivity contribution in [3.8, 4) is 0 Å². The Bertz CT molecular complexity index is 400. The molecule has 0 bridgehead atoms. The molecule has 3 N–H and O–H groups in total. The molecule has 0 aliphatic rings. The van der Waals surface area contributed by atoms with E-state index >= 15 is 0 Å². The average Bonchev–Trinajstić information content (AvgIpc) is 2.68. The van der Waals surface area contributed by atoms with Gasteiger partial charge in [-0.3, -0.25) is 10.1 Å². The molecule has 0 atom stereocenters. The van der Waals surface area contributed by atoms with Gasteiger partial charge in [-0.2, -0.15) is 5.10 Å². The molecule has 0 aliphatic heterocycles. The molecule has 0 fully saturated rings. The topological polar surface area (TPSA) is 65.1 Å². The molecule has 5 heteroatoms. The third-order valence-electron chi connectivity index (χ3n) is 2.65. The molecule has 1 rings (SSSR count). The van der Waals surface area contributed by atoms with Crippen molar-refractivity contribution in [2.24, 2.45) is 4.99 Å². The summed E-state index contributed by atoms with van der Waals surface area (Å²) in [7, 11) is 0. The monoisotopic (exact) mass is 265 g/mol. The third kappa shape index (κ3) is 6.27. The average molecular weight is 265 g/mol. The van der Waals surface area contributed by atoms with Crippen LogP contribution in [0.4, 0.5) is 0 Å². The minimum Gasteiger partial charge on any atom is -0.357 e. The molecule has 1 aromatic heterocycles. The van der Waals surface area contributed by atoms with Crippen LogP contribution in [0.15, 0.2) is 11.2 Å². The first kappa shape index (κ1) is 15.5. The molecular formula is C14H27N5. The highest BCUT2D eigenvalue weighted by atomic mass is 15.2. The van der Waals surface area contributed by atoms with Crippen molar-refractivity contribution in [1.29, 1.82) is 0 Å². The number of H-pyrrole nitrogens is 1. The molecule has 5 nitrogen and oxygen atoms in total. The van der Waals surface area contributed by atoms with Gasteiger partial charge in [0.15, 0.2) is 5.96 Å². The molecule has 0 unspecified atom stereocenters. The van der Waals surface area contributed by atoms with Crippen molar-refractivity contribution < 1.29 is 0 Å². The molecule has 0 amide bonds. The Morgan fingerprint density at radius 1 is 1.42 bits per heavy atom. The number of aromatic amines is 1. The number of aliphatic imine (C=N–C) groups is 1. The zero-order valence-corrected chi connectivity index (χ0v) is 12.8. The summed E-state index contributed by atoms with van der Waals surface area (Å²) in [5.41, 5.74) is 2.47. The number of guanidine groups is 1. The molecule has 108 valence electrons. The SMILES string of the molecule is CCNC(=NCCCc1cn[nH]c1C)NC(C)(C)C. The summed E-state index contributed by atoms with van der Waals surface area (Å²) in [5, 5.41) is 13.6. The van der Waals surface area contributed by atoms with E-state index in [4.69, 9.17) is 0 Å². The second kappa shape index (κ2) is 7.16. The first-order valence-corrected chi connectivity index (χ1v) is 6.97. The normalized spacial score (nSPS) is 12.6. The van der Waals surface area contributed by atoms with Crippen LogP contribution in [0.1, 0.15) is 45.4 Å². The highest BCUT2D eigenvalue weighted by molar-refractivity contribution is 5.80. The fourth-order valence-corrected chi connectivity index (χ4v) is 1.75. The Kier molecular flexibility index (Phi) is 5.86. The van der Waals surface area contributed by atoms with Crippen LogP contribution in [0.25, 0.3) is 0 Å². The molecule has 1 aromatic rings. The van der Waals surface area contributed by atoms with Gasteiger partial charge in [-0.25, -0.2) is 0 Å². The molecule has 0 spiro atoms. The summed E-state index contributed by atoms with van der Waals surface area (Å²) in [5.74, 6) is 0.888. The first-order valence-electron chi connectivity index (χ1n) is 6.97. The van der Waals surface area contributed by atoms with E-state index in [-0.39, 0.29) is 5.54 Å². The Morgan fingerprint density at radius 3 is 2.68 bits per heavy atom. The summed E-state index contributed by atoms with van der Waals surface area (Å²) >= 11 is 0. The van der Waals surface area contributed by atoms with Gasteiger partial charge in [0, 0.05) is 24.3 Å². The van der Waals surface area contributed by atoms with Gasteiger partial charge in [0.25, 0.3) is 0 Å². The molecule has 0 radical (unpaired) electrons. The van der Waals surface area contributed by atoms with E-state index < -0.39 is 0 Å². The maximum Gasteiger partial charge on any atom is 0.191 e. The van der Waals surface area contributed by atoms with E-state index in [9.17, 15) is 0 Å². The molecule has 0 aliphatic carbocycles. The van der Waals surface area contributed by atoms with Crippen LogP contribution in [-0.4, -0.2) is 34.8 Å². The van der Waals surface area contributed by atoms with Crippen molar-refractivity contribution >= 4 is 5.96 Å². The number of hydrogen-bond acceptors (Lipinski definition) is 2. The van der Waals surface area contributed by atoms with Crippen LogP contribution in [0.5, 0.6) is 0 Å². The third-order valence-corrected chi connectivity index (χ3v) is 2.65. The summed E-state index contributed by atoms with van der Waals surface area (Å²) in [6.45, 7) is 12.2. The number of aromatic nitrogens is 2. The van der Waals surface area contributed by atoms with Crippen molar-refractivity contribution in [2.45, 2.75) is 53.0 Å². The Labute approximate surface area is 116 Å². The number of nitrogens with zero attached hydrogens (tertiary/aromatic N) is 2. The van der Waals surface area contributed by atoms with Gasteiger partial charge in [0.2, 0.25) is 0 Å². The molecule has 19 heavy (non-hydrogen) atoms. The second-order valence-corrected chi connectivity index (χ2v) is 5.76. The molecule has 0 saturated carbocycles. The van der Waals surface area contributed by atoms with Crippen LogP contribution in [0, 0.1) is 6.92 Å². The van der Waals surface area contributed by atoms with Gasteiger partial charge >= 0.3 is 0 Å². The number of hydrogen-bond donors (Lipinski definition) is 3. The summed E-state index contributed by atoms with van der Waals surface area (Å²) < 4.78 is 0. The van der Waals surface area contributed by atoms with Gasteiger partial charge in [-0.1, -0.05) is 0 Å². The quantitative estimate of drug-likeness (QED) is 0.433. The van der Waals surface area contributed by atoms with E-state index in [2.05, 4.69) is 60.4 Å². The fraction of sp³-hybridized carbons (Fsp3) is 0.714. The Morgan fingerprint density at radius 2 is 2.16 bits per heavy atom. The van der Waals surface area contributed by atoms with E-state index in [1.54, 1.807) is 0 Å². The fourth-order valence-electron chi connectivity index (χ4n) is 1.75. The smallest absolute Gasteiger partial charge is 0.191 e. The van der Waals surface area contributed by atoms with Crippen LogP contribution in [-0.2, 0) is 6.42 Å². The van der Waals surface area contributed by atoms with Gasteiger partial charge in [0.05, 0.1) is 6.20 Å². The number of rotatable bonds is 5. The molecule has 1 heterocycles. The van der Waals surface area contributed by atoms with E-state index in [0.29, 0.717) is 0 Å². The molecular weight excluding hydrogens is 238 g/mol. The van der Waals surface area contributed by atoms with Crippen molar-refractivity contribution in [3.63, 3.8) is 0 Å². The largest absolute Gasteiger partial charge is 0.357 e. The summed E-state index contributed by atoms with van der Waals surface area (Å²) in [6.07, 6.45) is 3.94. The maximum absolute atomic E-state index is 4.59. The van der Waals surface area contributed by atoms with Crippen LogP contribution < -0.4 is 10.6 Å². The number of aryl methyl sites for hydroxylation is 2. The maximum atomic E-state index is 4.59. The standard InChI is InChI=1S/C14H27N5/c1-6-15-13(18-14(3,4)5)16-9-7-8-12-10-17-19-11(12)2/h10H,6-9H2,1-5H3,(H,17,19)(H2,15,16,18). The van der Waals surface area contributed by atoms with Gasteiger partial charge < -0.3 is 10.6 Å². The highest BCUT2D eigenvalue weighted by Crippen LogP contribution is 2.05. The van der Waals surface area contributed by atoms with Crippen LogP contribution in [0.3, 0.4) is 0 Å². The van der Waals surface area contributed by atoms with E-state index in [0.717, 1.165) is 37.6 Å². The lowest BCUT2D eigenvalue weighted by Gasteiger charge is -2.23. The highest BCUT2D eigenvalue weighted by Gasteiger charge is 2.11. The lowest BCUT2D eigenvalue weighted by Crippen LogP contribution is -2.47. The zero-order chi connectivity index (χ0) is 14.3. The van der Waals surface area contributed by atoms with E-state index in [1.165, 1.54) is 5.56 Å².